The summed E-state index contributed by atoms with van der Waals surface area (Å²) in [6.45, 7) is 0. The number of rotatable bonds is 2. The van der Waals surface area contributed by atoms with Gasteiger partial charge in [-0.3, -0.25) is 0 Å². The summed E-state index contributed by atoms with van der Waals surface area (Å²) in [5.41, 5.74) is 3.83. The van der Waals surface area contributed by atoms with E-state index in [1.807, 2.05) is 0 Å². The van der Waals surface area contributed by atoms with Crippen LogP contribution in [0.1, 0.15) is 5.56 Å². The van der Waals surface area contributed by atoms with Crippen molar-refractivity contribution in [3.63, 3.8) is 0 Å². The molecule has 1 aromatic rings. The fourth-order valence-electron chi connectivity index (χ4n) is 1.15. The van der Waals surface area contributed by atoms with Crippen LogP contribution in [0.25, 0.3) is 0 Å². The Morgan fingerprint density at radius 3 is 2.47 bits per heavy atom. The molecule has 0 saturated heterocycles. The number of amides is 2. The summed E-state index contributed by atoms with van der Waals surface area (Å²) in [6.07, 6.45) is -4.52. The minimum absolute atomic E-state index is 0.0619. The lowest BCUT2D eigenvalue weighted by Crippen LogP contribution is -2.27. The van der Waals surface area contributed by atoms with Crippen LogP contribution in [-0.2, 0) is 6.18 Å². The molecule has 0 atom stereocenters. The first kappa shape index (κ1) is 13.5. The average molecular weight is 266 g/mol. The van der Waals surface area contributed by atoms with Crippen molar-refractivity contribution < 1.29 is 22.7 Å². The zero-order valence-corrected chi connectivity index (χ0v) is 9.55. The van der Waals surface area contributed by atoms with Crippen molar-refractivity contribution >= 4 is 24.5 Å². The molecule has 0 saturated carbocycles. The van der Waals surface area contributed by atoms with Crippen LogP contribution in [0.4, 0.5) is 23.7 Å². The van der Waals surface area contributed by atoms with E-state index in [4.69, 9.17) is 10.5 Å². The summed E-state index contributed by atoms with van der Waals surface area (Å²) >= 11 is 3.69. The zero-order valence-electron chi connectivity index (χ0n) is 8.65. The van der Waals surface area contributed by atoms with Crippen molar-refractivity contribution in [1.82, 2.24) is 0 Å². The number of thiol groups is 1. The van der Waals surface area contributed by atoms with E-state index in [9.17, 15) is 18.0 Å². The fraction of sp³-hybridized carbons (Fsp3) is 0.222. The SMILES string of the molecule is COc1ccc(C(F)(F)F)cc1N(S)C(N)=O. The number of alkyl halides is 3. The van der Waals surface area contributed by atoms with Gasteiger partial charge in [0.05, 0.1) is 18.4 Å². The molecule has 2 N–H and O–H groups in total. The Labute approximate surface area is 101 Å². The highest BCUT2D eigenvalue weighted by atomic mass is 32.1. The molecule has 0 bridgehead atoms. The van der Waals surface area contributed by atoms with Crippen LogP contribution in [0.5, 0.6) is 5.75 Å². The number of ether oxygens (including phenoxy) is 1. The van der Waals surface area contributed by atoms with Crippen LogP contribution in [0.2, 0.25) is 0 Å². The maximum Gasteiger partial charge on any atom is 0.416 e. The summed E-state index contributed by atoms with van der Waals surface area (Å²) in [5.74, 6) is 0.0619. The van der Waals surface area contributed by atoms with Crippen LogP contribution in [0, 0.1) is 0 Å². The summed E-state index contributed by atoms with van der Waals surface area (Å²) < 4.78 is 42.8. The van der Waals surface area contributed by atoms with E-state index in [1.54, 1.807) is 0 Å². The van der Waals surface area contributed by atoms with Gasteiger partial charge in [0.2, 0.25) is 0 Å². The average Bonchev–Trinajstić information content (AvgIpc) is 2.25. The Balaban J connectivity index is 3.29. The third-order valence-electron chi connectivity index (χ3n) is 1.94. The Hall–Kier alpha value is -1.57. The molecule has 94 valence electrons. The van der Waals surface area contributed by atoms with Gasteiger partial charge in [-0.05, 0) is 18.2 Å². The van der Waals surface area contributed by atoms with Gasteiger partial charge >= 0.3 is 12.2 Å². The van der Waals surface area contributed by atoms with Gasteiger partial charge in [0.1, 0.15) is 5.75 Å². The Morgan fingerprint density at radius 2 is 2.06 bits per heavy atom. The van der Waals surface area contributed by atoms with Crippen LogP contribution in [0.15, 0.2) is 18.2 Å². The molecule has 1 aromatic carbocycles. The molecule has 0 fully saturated rings. The van der Waals surface area contributed by atoms with E-state index in [0.29, 0.717) is 4.31 Å². The van der Waals surface area contributed by atoms with Crippen molar-refractivity contribution in [3.05, 3.63) is 23.8 Å². The molecule has 0 unspecified atom stereocenters. The van der Waals surface area contributed by atoms with Crippen molar-refractivity contribution in [1.29, 1.82) is 0 Å². The number of anilines is 1. The maximum absolute atomic E-state index is 12.5. The third kappa shape index (κ3) is 2.96. The standard InChI is InChI=1S/C9H9F3N2O2S/c1-16-7-3-2-5(9(10,11)12)4-6(7)14(17)8(13)15/h2-4,17H,1H3,(H2,13,15). The van der Waals surface area contributed by atoms with Gasteiger partial charge in [-0.25, -0.2) is 9.10 Å². The number of urea groups is 1. The number of carbonyl (C=O) groups excluding carboxylic acids is 1. The molecule has 0 aliphatic rings. The van der Waals surface area contributed by atoms with E-state index in [2.05, 4.69) is 12.8 Å². The van der Waals surface area contributed by atoms with Gasteiger partial charge in [0.25, 0.3) is 0 Å². The summed E-state index contributed by atoms with van der Waals surface area (Å²) in [4.78, 5) is 10.9. The van der Waals surface area contributed by atoms with Gasteiger partial charge in [0, 0.05) is 0 Å². The zero-order chi connectivity index (χ0) is 13.2. The largest absolute Gasteiger partial charge is 0.495 e. The second-order valence-electron chi connectivity index (χ2n) is 3.03. The van der Waals surface area contributed by atoms with Crippen LogP contribution < -0.4 is 14.8 Å². The number of nitrogens with two attached hydrogens (primary N) is 1. The minimum atomic E-state index is -4.52. The number of carbonyl (C=O) groups is 1. The molecule has 0 heterocycles. The summed E-state index contributed by atoms with van der Waals surface area (Å²) in [6, 6.07) is 1.65. The van der Waals surface area contributed by atoms with Crippen molar-refractivity contribution in [2.45, 2.75) is 6.18 Å². The molecule has 0 spiro atoms. The molecular formula is C9H9F3N2O2S. The normalized spacial score (nSPS) is 11.1. The summed E-state index contributed by atoms with van der Waals surface area (Å²) in [7, 11) is 1.26. The molecule has 0 aromatic heterocycles. The maximum atomic E-state index is 12.5. The highest BCUT2D eigenvalue weighted by Gasteiger charge is 2.32. The van der Waals surface area contributed by atoms with Crippen molar-refractivity contribution in [3.8, 4) is 5.75 Å². The van der Waals surface area contributed by atoms with Crippen molar-refractivity contribution in [2.24, 2.45) is 5.73 Å². The lowest BCUT2D eigenvalue weighted by molar-refractivity contribution is -0.137. The first-order valence-electron chi connectivity index (χ1n) is 4.31. The third-order valence-corrected chi connectivity index (χ3v) is 2.36. The molecule has 17 heavy (non-hydrogen) atoms. The van der Waals surface area contributed by atoms with Crippen LogP contribution in [-0.4, -0.2) is 13.1 Å². The molecule has 2 amide bonds. The number of hydrogen-bond donors (Lipinski definition) is 2. The number of benzene rings is 1. The first-order chi connectivity index (χ1) is 7.77. The van der Waals surface area contributed by atoms with Gasteiger partial charge in [-0.15, -0.1) is 0 Å². The van der Waals surface area contributed by atoms with E-state index in [1.165, 1.54) is 7.11 Å². The fourth-order valence-corrected chi connectivity index (χ4v) is 1.31. The minimum Gasteiger partial charge on any atom is -0.495 e. The number of primary amides is 1. The molecule has 0 aliphatic carbocycles. The highest BCUT2D eigenvalue weighted by molar-refractivity contribution is 7.82. The van der Waals surface area contributed by atoms with E-state index < -0.39 is 17.8 Å². The van der Waals surface area contributed by atoms with E-state index in [0.717, 1.165) is 18.2 Å². The molecule has 8 heteroatoms. The second-order valence-corrected chi connectivity index (χ2v) is 3.43. The molecule has 4 nitrogen and oxygen atoms in total. The number of hydrogen-bond acceptors (Lipinski definition) is 3. The van der Waals surface area contributed by atoms with Crippen LogP contribution >= 0.6 is 12.8 Å². The lowest BCUT2D eigenvalue weighted by Gasteiger charge is -2.18. The smallest absolute Gasteiger partial charge is 0.416 e. The second kappa shape index (κ2) is 4.74. The number of halogens is 3. The predicted octanol–water partition coefficient (Wildman–Crippen LogP) is 2.44. The predicted molar refractivity (Wildman–Crippen MR) is 59.0 cm³/mol. The molecule has 1 rings (SSSR count). The molecular weight excluding hydrogens is 257 g/mol. The van der Waals surface area contributed by atoms with Gasteiger partial charge < -0.3 is 10.5 Å². The first-order valence-corrected chi connectivity index (χ1v) is 4.71. The Morgan fingerprint density at radius 1 is 1.47 bits per heavy atom. The van der Waals surface area contributed by atoms with Crippen LogP contribution in [0.3, 0.4) is 0 Å². The quantitative estimate of drug-likeness (QED) is 0.808. The monoisotopic (exact) mass is 266 g/mol. The summed E-state index contributed by atoms with van der Waals surface area (Å²) in [5, 5.41) is 0. The lowest BCUT2D eigenvalue weighted by atomic mass is 10.2. The van der Waals surface area contributed by atoms with Crippen molar-refractivity contribution in [2.75, 3.05) is 11.4 Å². The highest BCUT2D eigenvalue weighted by Crippen LogP contribution is 2.37. The van der Waals surface area contributed by atoms with E-state index >= 15 is 0 Å². The Kier molecular flexibility index (Phi) is 3.76. The van der Waals surface area contributed by atoms with Gasteiger partial charge in [0.15, 0.2) is 0 Å². The Bertz CT molecular complexity index is 437. The topological polar surface area (TPSA) is 55.6 Å². The number of nitrogens with zero attached hydrogens (tertiary/aromatic N) is 1. The molecule has 0 radical (unpaired) electrons. The van der Waals surface area contributed by atoms with Gasteiger partial charge in [-0.2, -0.15) is 13.2 Å². The molecule has 0 aliphatic heterocycles. The van der Waals surface area contributed by atoms with Gasteiger partial charge in [-0.1, -0.05) is 12.8 Å². The van der Waals surface area contributed by atoms with E-state index in [-0.39, 0.29) is 11.4 Å². The number of methoxy groups -OCH3 is 1.